The van der Waals surface area contributed by atoms with Gasteiger partial charge in [-0.2, -0.15) is 5.10 Å². The van der Waals surface area contributed by atoms with Crippen molar-refractivity contribution in [3.63, 3.8) is 0 Å². The Morgan fingerprint density at radius 2 is 2.19 bits per heavy atom. The zero-order chi connectivity index (χ0) is 18.1. The van der Waals surface area contributed by atoms with Gasteiger partial charge in [0.05, 0.1) is 11.7 Å². The normalized spacial score (nSPS) is 23.1. The van der Waals surface area contributed by atoms with Gasteiger partial charge in [0.25, 0.3) is 5.91 Å². The highest BCUT2D eigenvalue weighted by atomic mass is 16.5. The quantitative estimate of drug-likeness (QED) is 0.905. The van der Waals surface area contributed by atoms with Crippen LogP contribution in [0.1, 0.15) is 50.0 Å². The molecule has 0 unspecified atom stereocenters. The zero-order valence-corrected chi connectivity index (χ0v) is 15.5. The maximum absolute atomic E-state index is 12.4. The fourth-order valence-electron chi connectivity index (χ4n) is 4.09. The Morgan fingerprint density at radius 3 is 2.92 bits per heavy atom. The molecule has 0 aliphatic carbocycles. The van der Waals surface area contributed by atoms with Gasteiger partial charge >= 0.3 is 0 Å². The second-order valence-corrected chi connectivity index (χ2v) is 7.75. The third kappa shape index (κ3) is 3.46. The van der Waals surface area contributed by atoms with E-state index in [2.05, 4.69) is 34.1 Å². The lowest BCUT2D eigenvalue weighted by molar-refractivity contribution is -0.0788. The highest BCUT2D eigenvalue weighted by molar-refractivity contribution is 5.93. The molecule has 2 aromatic heterocycles. The number of nitrogens with one attached hydrogen (secondary N) is 1. The number of amides is 1. The monoisotopic (exact) mass is 357 g/mol. The number of nitrogens with zero attached hydrogens (tertiary/aromatic N) is 4. The van der Waals surface area contributed by atoms with Crippen LogP contribution in [0.25, 0.3) is 5.65 Å². The van der Waals surface area contributed by atoms with Crippen molar-refractivity contribution in [2.45, 2.75) is 57.3 Å². The van der Waals surface area contributed by atoms with Crippen molar-refractivity contribution in [3.05, 3.63) is 30.2 Å². The number of piperidine rings is 1. The van der Waals surface area contributed by atoms with Crippen LogP contribution in [0.5, 0.6) is 0 Å². The zero-order valence-electron chi connectivity index (χ0n) is 15.5. The molecule has 0 radical (unpaired) electrons. The lowest BCUT2D eigenvalue weighted by atomic mass is 9.88. The van der Waals surface area contributed by atoms with Gasteiger partial charge in [0.1, 0.15) is 0 Å². The molecule has 26 heavy (non-hydrogen) atoms. The molecule has 0 bridgehead atoms. The predicted octanol–water partition coefficient (Wildman–Crippen LogP) is 1.88. The van der Waals surface area contributed by atoms with Crippen LogP contribution < -0.4 is 5.32 Å². The lowest BCUT2D eigenvalue weighted by Crippen LogP contribution is -2.47. The highest BCUT2D eigenvalue weighted by Crippen LogP contribution is 2.39. The largest absolute Gasteiger partial charge is 0.370 e. The lowest BCUT2D eigenvalue weighted by Gasteiger charge is -2.40. The summed E-state index contributed by atoms with van der Waals surface area (Å²) in [6.45, 7) is 7.24. The van der Waals surface area contributed by atoms with Crippen molar-refractivity contribution in [2.75, 3.05) is 19.6 Å². The minimum atomic E-state index is -0.172. The van der Waals surface area contributed by atoms with Crippen molar-refractivity contribution in [1.29, 1.82) is 0 Å². The molecule has 7 heteroatoms. The SMILES string of the molecule is CC(C)N1CCC2(CC[C@H](CNC(=O)c3cc4ncccn4n3)O2)CC1. The second-order valence-electron chi connectivity index (χ2n) is 7.75. The third-order valence-corrected chi connectivity index (χ3v) is 5.74. The Morgan fingerprint density at radius 1 is 1.38 bits per heavy atom. The van der Waals surface area contributed by atoms with Crippen LogP contribution in [0.15, 0.2) is 24.5 Å². The van der Waals surface area contributed by atoms with Gasteiger partial charge in [0, 0.05) is 44.1 Å². The first-order chi connectivity index (χ1) is 12.5. The van der Waals surface area contributed by atoms with Gasteiger partial charge < -0.3 is 15.0 Å². The Bertz CT molecular complexity index is 746. The average Bonchev–Trinajstić information content (AvgIpc) is 3.24. The summed E-state index contributed by atoms with van der Waals surface area (Å²) in [7, 11) is 0. The van der Waals surface area contributed by atoms with Crippen molar-refractivity contribution < 1.29 is 9.53 Å². The van der Waals surface area contributed by atoms with Gasteiger partial charge in [0.2, 0.25) is 0 Å². The van der Waals surface area contributed by atoms with Crippen molar-refractivity contribution in [2.24, 2.45) is 0 Å². The molecule has 1 spiro atoms. The Balaban J connectivity index is 1.30. The van der Waals surface area contributed by atoms with Crippen LogP contribution in [-0.2, 0) is 4.74 Å². The third-order valence-electron chi connectivity index (χ3n) is 5.74. The van der Waals surface area contributed by atoms with Crippen LogP contribution in [0.3, 0.4) is 0 Å². The molecular formula is C19H27N5O2. The number of rotatable bonds is 4. The van der Waals surface area contributed by atoms with E-state index in [1.807, 2.05) is 0 Å². The van der Waals surface area contributed by atoms with Crippen molar-refractivity contribution >= 4 is 11.6 Å². The first-order valence-electron chi connectivity index (χ1n) is 9.55. The topological polar surface area (TPSA) is 71.8 Å². The number of carbonyl (C=O) groups excluding carboxylic acids is 1. The van der Waals surface area contributed by atoms with E-state index >= 15 is 0 Å². The molecule has 7 nitrogen and oxygen atoms in total. The molecule has 2 aromatic rings. The minimum Gasteiger partial charge on any atom is -0.370 e. The van der Waals surface area contributed by atoms with E-state index in [9.17, 15) is 4.79 Å². The molecule has 1 amide bonds. The van der Waals surface area contributed by atoms with Gasteiger partial charge in [-0.3, -0.25) is 4.79 Å². The molecule has 2 fully saturated rings. The summed E-state index contributed by atoms with van der Waals surface area (Å²) < 4.78 is 7.99. The van der Waals surface area contributed by atoms with E-state index in [1.165, 1.54) is 0 Å². The minimum absolute atomic E-state index is 0.0216. The number of aromatic nitrogens is 3. The molecule has 0 saturated carbocycles. The number of hydrogen-bond donors (Lipinski definition) is 1. The van der Waals surface area contributed by atoms with Gasteiger partial charge in [-0.15, -0.1) is 0 Å². The van der Waals surface area contributed by atoms with E-state index in [1.54, 1.807) is 29.0 Å². The molecule has 2 aliphatic rings. The summed E-state index contributed by atoms with van der Waals surface area (Å²) in [6.07, 6.45) is 7.86. The van der Waals surface area contributed by atoms with E-state index < -0.39 is 0 Å². The number of hydrogen-bond acceptors (Lipinski definition) is 5. The number of fused-ring (bicyclic) bond motifs is 1. The maximum atomic E-state index is 12.4. The van der Waals surface area contributed by atoms with Gasteiger partial charge in [0.15, 0.2) is 11.3 Å². The van der Waals surface area contributed by atoms with Gasteiger partial charge in [-0.25, -0.2) is 9.50 Å². The van der Waals surface area contributed by atoms with Crippen LogP contribution in [0, 0.1) is 0 Å². The van der Waals surface area contributed by atoms with Gasteiger partial charge in [-0.1, -0.05) is 0 Å². The summed E-state index contributed by atoms with van der Waals surface area (Å²) in [5.41, 5.74) is 1.08. The maximum Gasteiger partial charge on any atom is 0.271 e. The fraction of sp³-hybridized carbons (Fsp3) is 0.632. The first-order valence-corrected chi connectivity index (χ1v) is 9.55. The van der Waals surface area contributed by atoms with E-state index in [0.29, 0.717) is 23.9 Å². The predicted molar refractivity (Wildman–Crippen MR) is 98.1 cm³/mol. The summed E-state index contributed by atoms with van der Waals surface area (Å²) >= 11 is 0. The van der Waals surface area contributed by atoms with Crippen LogP contribution >= 0.6 is 0 Å². The number of carbonyl (C=O) groups is 1. The van der Waals surface area contributed by atoms with E-state index in [0.717, 1.165) is 38.8 Å². The van der Waals surface area contributed by atoms with Crippen LogP contribution in [-0.4, -0.2) is 62.8 Å². The number of ether oxygens (including phenoxy) is 1. The first kappa shape index (κ1) is 17.4. The fourth-order valence-corrected chi connectivity index (χ4v) is 4.09. The number of likely N-dealkylation sites (tertiary alicyclic amines) is 1. The molecule has 1 atom stereocenters. The van der Waals surface area contributed by atoms with E-state index in [-0.39, 0.29) is 17.6 Å². The molecule has 2 saturated heterocycles. The highest BCUT2D eigenvalue weighted by Gasteiger charge is 2.42. The molecular weight excluding hydrogens is 330 g/mol. The van der Waals surface area contributed by atoms with Gasteiger partial charge in [-0.05, 0) is 45.6 Å². The Kier molecular flexibility index (Phi) is 4.67. The molecule has 0 aromatic carbocycles. The summed E-state index contributed by atoms with van der Waals surface area (Å²) in [6, 6.07) is 4.09. The van der Waals surface area contributed by atoms with Crippen molar-refractivity contribution in [1.82, 2.24) is 24.8 Å². The Hall–Kier alpha value is -1.99. The van der Waals surface area contributed by atoms with E-state index in [4.69, 9.17) is 4.74 Å². The van der Waals surface area contributed by atoms with Crippen LogP contribution in [0.4, 0.5) is 0 Å². The Labute approximate surface area is 153 Å². The molecule has 4 heterocycles. The molecule has 140 valence electrons. The molecule has 1 N–H and O–H groups in total. The summed E-state index contributed by atoms with van der Waals surface area (Å²) in [4.78, 5) is 19.1. The average molecular weight is 357 g/mol. The summed E-state index contributed by atoms with van der Waals surface area (Å²) in [5, 5.41) is 7.23. The standard InChI is InChI=1S/C19H27N5O2/c1-14(2)23-10-6-19(7-11-23)5-4-15(26-19)13-21-18(25)16-12-17-20-8-3-9-24(17)22-16/h3,8-9,12,14-15H,4-7,10-11,13H2,1-2H3,(H,21,25)/t15-/m1/s1. The smallest absolute Gasteiger partial charge is 0.271 e. The molecule has 2 aliphatic heterocycles. The molecule has 4 rings (SSSR count). The van der Waals surface area contributed by atoms with Crippen molar-refractivity contribution in [3.8, 4) is 0 Å². The second kappa shape index (κ2) is 6.96. The van der Waals surface area contributed by atoms with Crippen LogP contribution in [0.2, 0.25) is 0 Å². The summed E-state index contributed by atoms with van der Waals surface area (Å²) in [5.74, 6) is -0.172.